The summed E-state index contributed by atoms with van der Waals surface area (Å²) in [5.74, 6) is -2.87. The number of carbonyl (C=O) groups is 1. The molecule has 2 rings (SSSR count). The van der Waals surface area contributed by atoms with Gasteiger partial charge in [-0.15, -0.1) is 0 Å². The first-order valence-electron chi connectivity index (χ1n) is 6.59. The third-order valence-corrected chi connectivity index (χ3v) is 4.29. The van der Waals surface area contributed by atoms with Crippen molar-refractivity contribution in [1.29, 1.82) is 0 Å². The fourth-order valence-corrected chi connectivity index (χ4v) is 2.66. The molecule has 1 saturated carbocycles. The molecule has 1 aliphatic carbocycles. The molecule has 3 N–H and O–H groups in total. The minimum atomic E-state index is -4.36. The van der Waals surface area contributed by atoms with Gasteiger partial charge in [0.25, 0.3) is 5.91 Å². The molecule has 1 aliphatic rings. The van der Waals surface area contributed by atoms with E-state index in [1.165, 1.54) is 12.8 Å². The van der Waals surface area contributed by atoms with Gasteiger partial charge in [0.15, 0.2) is 5.82 Å². The van der Waals surface area contributed by atoms with Crippen LogP contribution >= 0.6 is 0 Å². The minimum Gasteiger partial charge on any atom is -0.352 e. The van der Waals surface area contributed by atoms with Crippen molar-refractivity contribution in [3.05, 3.63) is 29.3 Å². The van der Waals surface area contributed by atoms with E-state index in [4.69, 9.17) is 5.14 Å². The van der Waals surface area contributed by atoms with Gasteiger partial charge >= 0.3 is 0 Å². The Morgan fingerprint density at radius 1 is 1.33 bits per heavy atom. The summed E-state index contributed by atoms with van der Waals surface area (Å²) in [7, 11) is -4.36. The molecular weight excluding hydrogens is 302 g/mol. The summed E-state index contributed by atoms with van der Waals surface area (Å²) in [5.41, 5.74) is -0.923. The van der Waals surface area contributed by atoms with Gasteiger partial charge in [0.2, 0.25) is 10.0 Å². The van der Waals surface area contributed by atoms with Crippen molar-refractivity contribution in [3.63, 3.8) is 0 Å². The summed E-state index contributed by atoms with van der Waals surface area (Å²) >= 11 is 0. The van der Waals surface area contributed by atoms with Crippen LogP contribution in [0.25, 0.3) is 0 Å². The number of nitrogens with two attached hydrogens (primary N) is 1. The van der Waals surface area contributed by atoms with Crippen LogP contribution in [0.15, 0.2) is 17.0 Å². The molecule has 0 bridgehead atoms. The van der Waals surface area contributed by atoms with Crippen LogP contribution in [0.1, 0.15) is 36.0 Å². The molecule has 0 spiro atoms. The van der Waals surface area contributed by atoms with Gasteiger partial charge in [-0.1, -0.05) is 12.8 Å². The third-order valence-electron chi connectivity index (χ3n) is 3.36. The number of nitrogens with one attached hydrogen (secondary N) is 1. The normalized spacial score (nSPS) is 15.0. The predicted octanol–water partition coefficient (Wildman–Crippen LogP) is 1.53. The molecule has 1 aromatic rings. The average Bonchev–Trinajstić information content (AvgIpc) is 3.17. The number of amides is 1. The average molecular weight is 318 g/mol. The van der Waals surface area contributed by atoms with Crippen LogP contribution in [0, 0.1) is 17.6 Å². The van der Waals surface area contributed by atoms with Gasteiger partial charge in [0.05, 0.1) is 0 Å². The van der Waals surface area contributed by atoms with Crippen molar-refractivity contribution in [1.82, 2.24) is 5.32 Å². The van der Waals surface area contributed by atoms with Crippen molar-refractivity contribution < 1.29 is 22.0 Å². The van der Waals surface area contributed by atoms with E-state index in [1.54, 1.807) is 0 Å². The van der Waals surface area contributed by atoms with Crippen molar-refractivity contribution >= 4 is 15.9 Å². The van der Waals surface area contributed by atoms with Crippen molar-refractivity contribution in [2.75, 3.05) is 6.54 Å². The van der Waals surface area contributed by atoms with Gasteiger partial charge in [-0.25, -0.2) is 22.3 Å². The van der Waals surface area contributed by atoms with Crippen LogP contribution < -0.4 is 10.5 Å². The lowest BCUT2D eigenvalue weighted by molar-refractivity contribution is 0.0943. The quantitative estimate of drug-likeness (QED) is 0.780. The Kier molecular flexibility index (Phi) is 4.58. The van der Waals surface area contributed by atoms with E-state index in [0.717, 1.165) is 6.42 Å². The number of halogens is 2. The molecule has 0 atom stereocenters. The highest BCUT2D eigenvalue weighted by Gasteiger charge is 2.25. The van der Waals surface area contributed by atoms with Crippen LogP contribution in [-0.4, -0.2) is 20.9 Å². The molecule has 1 fully saturated rings. The Morgan fingerprint density at radius 3 is 2.57 bits per heavy atom. The molecule has 21 heavy (non-hydrogen) atoms. The summed E-state index contributed by atoms with van der Waals surface area (Å²) < 4.78 is 49.9. The third kappa shape index (κ3) is 3.98. The summed E-state index contributed by atoms with van der Waals surface area (Å²) in [5, 5.41) is 7.20. The number of hydrogen-bond donors (Lipinski definition) is 2. The Bertz CT molecular complexity index is 658. The molecule has 1 amide bonds. The van der Waals surface area contributed by atoms with E-state index < -0.39 is 38.0 Å². The second-order valence-electron chi connectivity index (χ2n) is 5.12. The number of rotatable bonds is 6. The molecule has 5 nitrogen and oxygen atoms in total. The van der Waals surface area contributed by atoms with E-state index >= 15 is 0 Å². The predicted molar refractivity (Wildman–Crippen MR) is 72.0 cm³/mol. The van der Waals surface area contributed by atoms with E-state index in [-0.39, 0.29) is 6.54 Å². The first kappa shape index (κ1) is 15.8. The maximum absolute atomic E-state index is 14.0. The van der Waals surface area contributed by atoms with Crippen LogP contribution in [0.4, 0.5) is 8.78 Å². The molecule has 0 unspecified atom stereocenters. The molecule has 8 heteroatoms. The molecule has 116 valence electrons. The summed E-state index contributed by atoms with van der Waals surface area (Å²) in [6.07, 6.45) is 4.05. The Labute approximate surface area is 121 Å². The van der Waals surface area contributed by atoms with Crippen LogP contribution in [0.5, 0.6) is 0 Å². The van der Waals surface area contributed by atoms with E-state index in [2.05, 4.69) is 5.32 Å². The highest BCUT2D eigenvalue weighted by Crippen LogP contribution is 2.33. The summed E-state index contributed by atoms with van der Waals surface area (Å²) in [4.78, 5) is 10.9. The highest BCUT2D eigenvalue weighted by molar-refractivity contribution is 7.89. The molecule has 0 aromatic heterocycles. The number of sulfonamides is 1. The topological polar surface area (TPSA) is 89.3 Å². The molecule has 0 aliphatic heterocycles. The maximum atomic E-state index is 14.0. The lowest BCUT2D eigenvalue weighted by atomic mass is 10.1. The van der Waals surface area contributed by atoms with Crippen molar-refractivity contribution in [2.45, 2.75) is 30.6 Å². The zero-order chi connectivity index (χ0) is 15.6. The smallest absolute Gasteiger partial charge is 0.257 e. The Hall–Kier alpha value is -1.54. The van der Waals surface area contributed by atoms with Crippen LogP contribution in [-0.2, 0) is 10.0 Å². The lowest BCUT2D eigenvalue weighted by Gasteiger charge is -2.09. The molecular formula is C13H16F2N2O3S. The Balaban J connectivity index is 2.11. The molecule has 1 aromatic carbocycles. The number of hydrogen-bond acceptors (Lipinski definition) is 3. The molecule has 0 radical (unpaired) electrons. The monoisotopic (exact) mass is 318 g/mol. The standard InChI is InChI=1S/C13H16F2N2O3S/c14-9-5-6-10(21(16,19)20)12(15)11(9)13(18)17-7-1-2-8-3-4-8/h5-6,8H,1-4,7H2,(H,17,18)(H2,16,19,20). The molecule has 0 heterocycles. The second-order valence-corrected chi connectivity index (χ2v) is 6.65. The van der Waals surface area contributed by atoms with Gasteiger partial charge in [-0.2, -0.15) is 0 Å². The zero-order valence-electron chi connectivity index (χ0n) is 11.2. The number of primary sulfonamides is 1. The van der Waals surface area contributed by atoms with E-state index in [0.29, 0.717) is 24.5 Å². The minimum absolute atomic E-state index is 0.286. The maximum Gasteiger partial charge on any atom is 0.257 e. The Morgan fingerprint density at radius 2 is 2.00 bits per heavy atom. The van der Waals surface area contributed by atoms with Crippen LogP contribution in [0.3, 0.4) is 0 Å². The fraction of sp³-hybridized carbons (Fsp3) is 0.462. The first-order valence-corrected chi connectivity index (χ1v) is 8.14. The van der Waals surface area contributed by atoms with Gasteiger partial charge in [-0.3, -0.25) is 4.79 Å². The lowest BCUT2D eigenvalue weighted by Crippen LogP contribution is -2.28. The second kappa shape index (κ2) is 6.07. The van der Waals surface area contributed by atoms with Gasteiger partial charge < -0.3 is 5.32 Å². The summed E-state index contributed by atoms with van der Waals surface area (Å²) in [6, 6.07) is 1.41. The van der Waals surface area contributed by atoms with Gasteiger partial charge in [0.1, 0.15) is 16.3 Å². The number of benzene rings is 1. The summed E-state index contributed by atoms with van der Waals surface area (Å²) in [6.45, 7) is 0.286. The number of carbonyl (C=O) groups excluding carboxylic acids is 1. The van der Waals surface area contributed by atoms with E-state index in [9.17, 15) is 22.0 Å². The first-order chi connectivity index (χ1) is 9.80. The SMILES string of the molecule is NS(=O)(=O)c1ccc(F)c(C(=O)NCCCC2CC2)c1F. The van der Waals surface area contributed by atoms with Gasteiger partial charge in [0, 0.05) is 6.54 Å². The van der Waals surface area contributed by atoms with Gasteiger partial charge in [-0.05, 0) is 30.9 Å². The largest absolute Gasteiger partial charge is 0.352 e. The fourth-order valence-electron chi connectivity index (χ4n) is 2.05. The van der Waals surface area contributed by atoms with Crippen molar-refractivity contribution in [2.24, 2.45) is 11.1 Å². The molecule has 0 saturated heterocycles. The van der Waals surface area contributed by atoms with E-state index in [1.807, 2.05) is 0 Å². The van der Waals surface area contributed by atoms with Crippen molar-refractivity contribution in [3.8, 4) is 0 Å². The zero-order valence-corrected chi connectivity index (χ0v) is 12.1. The highest BCUT2D eigenvalue weighted by atomic mass is 32.2. The van der Waals surface area contributed by atoms with Crippen LogP contribution in [0.2, 0.25) is 0 Å².